The molecule has 7 heteroatoms. The summed E-state index contributed by atoms with van der Waals surface area (Å²) in [5.74, 6) is 0.248. The molecule has 0 aromatic heterocycles. The molecule has 0 fully saturated rings. The highest BCUT2D eigenvalue weighted by Crippen LogP contribution is 2.50. The molecule has 1 aromatic carbocycles. The molecular weight excluding hydrogens is 256 g/mol. The van der Waals surface area contributed by atoms with E-state index in [4.69, 9.17) is 14.1 Å². The van der Waals surface area contributed by atoms with Crippen LogP contribution in [-0.4, -0.2) is 15.0 Å². The number of anilines is 2. The molecule has 0 unspecified atom stereocenters. The number of nitrogens with two attached hydrogens (primary N) is 1. The fourth-order valence-electron chi connectivity index (χ4n) is 2.08. The van der Waals surface area contributed by atoms with Crippen molar-refractivity contribution in [3.05, 3.63) is 11.1 Å². The first-order valence-corrected chi connectivity index (χ1v) is 7.07. The zero-order valence-corrected chi connectivity index (χ0v) is 11.3. The average molecular weight is 272 g/mol. The first-order chi connectivity index (χ1) is 8.41. The van der Waals surface area contributed by atoms with Crippen LogP contribution in [-0.2, 0) is 16.8 Å². The largest absolute Gasteiger partial charge is 0.501 e. The summed E-state index contributed by atoms with van der Waals surface area (Å²) < 4.78 is 32.4. The lowest BCUT2D eigenvalue weighted by atomic mass is 10.0. The second-order valence-electron chi connectivity index (χ2n) is 4.01. The van der Waals surface area contributed by atoms with Crippen molar-refractivity contribution < 1.29 is 16.8 Å². The molecule has 100 valence electrons. The van der Waals surface area contributed by atoms with Crippen LogP contribution in [0.3, 0.4) is 0 Å². The van der Waals surface area contributed by atoms with Crippen molar-refractivity contribution in [2.24, 2.45) is 0 Å². The zero-order chi connectivity index (χ0) is 13.5. The standard InChI is InChI=1S/C11H16N2O4S/c1-4-7-6(3)8(12)10-11(9(7)13-5-2)17-18(14,15)16-10/h13H,4-5,12H2,1-3H3. The molecular formula is C11H16N2O4S. The SMILES string of the molecule is CCNc1c(CC)c(C)c(N)c2c1OS(=O)(=O)O2. The van der Waals surface area contributed by atoms with E-state index in [1.807, 2.05) is 20.8 Å². The van der Waals surface area contributed by atoms with Gasteiger partial charge in [-0.15, -0.1) is 8.42 Å². The molecule has 1 aliphatic rings. The maximum atomic E-state index is 11.4. The van der Waals surface area contributed by atoms with E-state index in [-0.39, 0.29) is 11.5 Å². The van der Waals surface area contributed by atoms with Gasteiger partial charge in [0.1, 0.15) is 0 Å². The van der Waals surface area contributed by atoms with Gasteiger partial charge >= 0.3 is 10.4 Å². The molecule has 0 saturated carbocycles. The molecule has 18 heavy (non-hydrogen) atoms. The smallest absolute Gasteiger partial charge is 0.395 e. The fourth-order valence-corrected chi connectivity index (χ4v) is 2.85. The van der Waals surface area contributed by atoms with Crippen molar-refractivity contribution in [3.8, 4) is 11.5 Å². The predicted octanol–water partition coefficient (Wildman–Crippen LogP) is 1.59. The monoisotopic (exact) mass is 272 g/mol. The van der Waals surface area contributed by atoms with E-state index < -0.39 is 10.4 Å². The first kappa shape index (κ1) is 12.8. The van der Waals surface area contributed by atoms with E-state index >= 15 is 0 Å². The van der Waals surface area contributed by atoms with E-state index in [1.165, 1.54) is 0 Å². The molecule has 3 N–H and O–H groups in total. The molecule has 1 heterocycles. The number of fused-ring (bicyclic) bond motifs is 1. The highest BCUT2D eigenvalue weighted by atomic mass is 32.3. The number of hydrogen-bond acceptors (Lipinski definition) is 6. The zero-order valence-electron chi connectivity index (χ0n) is 10.5. The van der Waals surface area contributed by atoms with Gasteiger partial charge in [-0.05, 0) is 31.4 Å². The van der Waals surface area contributed by atoms with E-state index in [0.29, 0.717) is 17.9 Å². The van der Waals surface area contributed by atoms with Crippen molar-refractivity contribution in [2.45, 2.75) is 27.2 Å². The Bertz CT molecular complexity index is 596. The van der Waals surface area contributed by atoms with Gasteiger partial charge in [0.15, 0.2) is 0 Å². The van der Waals surface area contributed by atoms with Crippen molar-refractivity contribution in [1.29, 1.82) is 0 Å². The minimum atomic E-state index is -4.03. The van der Waals surface area contributed by atoms with Crippen LogP contribution >= 0.6 is 0 Å². The van der Waals surface area contributed by atoms with Crippen molar-refractivity contribution in [3.63, 3.8) is 0 Å². The lowest BCUT2D eigenvalue weighted by molar-refractivity contribution is 0.437. The molecule has 0 spiro atoms. The van der Waals surface area contributed by atoms with Gasteiger partial charge in [0.05, 0.1) is 11.4 Å². The number of nitrogens with one attached hydrogen (secondary N) is 1. The molecule has 6 nitrogen and oxygen atoms in total. The van der Waals surface area contributed by atoms with Gasteiger partial charge in [-0.1, -0.05) is 6.92 Å². The molecule has 0 aliphatic carbocycles. The number of rotatable bonds is 3. The van der Waals surface area contributed by atoms with E-state index in [1.54, 1.807) is 0 Å². The Labute approximate surface area is 106 Å². The maximum absolute atomic E-state index is 11.4. The summed E-state index contributed by atoms with van der Waals surface area (Å²) in [7, 11) is -4.03. The van der Waals surface area contributed by atoms with Crippen LogP contribution in [0.4, 0.5) is 11.4 Å². The Morgan fingerprint density at radius 2 is 1.83 bits per heavy atom. The van der Waals surface area contributed by atoms with Crippen LogP contribution in [0, 0.1) is 6.92 Å². The van der Waals surface area contributed by atoms with Gasteiger partial charge < -0.3 is 19.4 Å². The van der Waals surface area contributed by atoms with Crippen LogP contribution in [0.5, 0.6) is 11.5 Å². The quantitative estimate of drug-likeness (QED) is 0.812. The lowest BCUT2D eigenvalue weighted by Gasteiger charge is -2.16. The van der Waals surface area contributed by atoms with Gasteiger partial charge in [-0.25, -0.2) is 0 Å². The third-order valence-corrected chi connectivity index (χ3v) is 3.66. The third kappa shape index (κ3) is 1.84. The average Bonchev–Trinajstić information content (AvgIpc) is 2.62. The summed E-state index contributed by atoms with van der Waals surface area (Å²) in [5.41, 5.74) is 8.60. The molecule has 1 aromatic rings. The van der Waals surface area contributed by atoms with Crippen LogP contribution in [0.2, 0.25) is 0 Å². The summed E-state index contributed by atoms with van der Waals surface area (Å²) in [6.07, 6.45) is 0.717. The summed E-state index contributed by atoms with van der Waals surface area (Å²) in [6.45, 7) is 6.37. The molecule has 0 amide bonds. The number of hydrogen-bond donors (Lipinski definition) is 2. The van der Waals surface area contributed by atoms with Crippen LogP contribution in [0.15, 0.2) is 0 Å². The third-order valence-electron chi connectivity index (χ3n) is 2.91. The van der Waals surface area contributed by atoms with Gasteiger partial charge in [0.2, 0.25) is 11.5 Å². The van der Waals surface area contributed by atoms with Crippen molar-refractivity contribution in [1.82, 2.24) is 0 Å². The topological polar surface area (TPSA) is 90.6 Å². The Kier molecular flexibility index (Phi) is 3.02. The normalized spacial score (nSPS) is 15.7. The van der Waals surface area contributed by atoms with Crippen LogP contribution < -0.4 is 19.4 Å². The van der Waals surface area contributed by atoms with Gasteiger partial charge in [-0.3, -0.25) is 0 Å². The lowest BCUT2D eigenvalue weighted by Crippen LogP contribution is -2.09. The summed E-state index contributed by atoms with van der Waals surface area (Å²) in [6, 6.07) is 0. The van der Waals surface area contributed by atoms with Crippen molar-refractivity contribution >= 4 is 21.8 Å². The van der Waals surface area contributed by atoms with Gasteiger partial charge in [0, 0.05) is 6.54 Å². The summed E-state index contributed by atoms with van der Waals surface area (Å²) >= 11 is 0. The minimum Gasteiger partial charge on any atom is -0.395 e. The van der Waals surface area contributed by atoms with E-state index in [2.05, 4.69) is 5.32 Å². The highest BCUT2D eigenvalue weighted by molar-refractivity contribution is 7.82. The van der Waals surface area contributed by atoms with Crippen molar-refractivity contribution in [2.75, 3.05) is 17.6 Å². The first-order valence-electron chi connectivity index (χ1n) is 5.73. The van der Waals surface area contributed by atoms with Gasteiger partial charge in [0.25, 0.3) is 0 Å². The summed E-state index contributed by atoms with van der Waals surface area (Å²) in [4.78, 5) is 0. The van der Waals surface area contributed by atoms with Gasteiger partial charge in [-0.2, -0.15) is 0 Å². The highest BCUT2D eigenvalue weighted by Gasteiger charge is 2.35. The summed E-state index contributed by atoms with van der Waals surface area (Å²) in [5, 5.41) is 3.11. The Balaban J connectivity index is 2.74. The van der Waals surface area contributed by atoms with E-state index in [0.717, 1.165) is 17.5 Å². The second kappa shape index (κ2) is 4.24. The van der Waals surface area contributed by atoms with E-state index in [9.17, 15) is 8.42 Å². The molecule has 0 saturated heterocycles. The molecule has 0 bridgehead atoms. The minimum absolute atomic E-state index is 0.0839. The number of benzene rings is 1. The van der Waals surface area contributed by atoms with Crippen LogP contribution in [0.1, 0.15) is 25.0 Å². The molecule has 2 rings (SSSR count). The maximum Gasteiger partial charge on any atom is 0.501 e. The number of nitrogen functional groups attached to an aromatic ring is 1. The Morgan fingerprint density at radius 1 is 1.22 bits per heavy atom. The predicted molar refractivity (Wildman–Crippen MR) is 69.3 cm³/mol. The molecule has 0 atom stereocenters. The molecule has 1 aliphatic heterocycles. The van der Waals surface area contributed by atoms with Crippen LogP contribution in [0.25, 0.3) is 0 Å². The Morgan fingerprint density at radius 3 is 2.39 bits per heavy atom. The molecule has 0 radical (unpaired) electrons. The second-order valence-corrected chi connectivity index (χ2v) is 5.16. The fraction of sp³-hybridized carbons (Fsp3) is 0.455. The Hall–Kier alpha value is -1.63.